The Morgan fingerprint density at radius 2 is 1.39 bits per heavy atom. The van der Waals surface area contributed by atoms with Crippen LogP contribution in [-0.2, 0) is 5.92 Å². The maximum Gasteiger partial charge on any atom is 0.273 e. The lowest BCUT2D eigenvalue weighted by Crippen LogP contribution is -2.14. The molecule has 0 radical (unpaired) electrons. The zero-order valence-corrected chi connectivity index (χ0v) is 17.3. The van der Waals surface area contributed by atoms with E-state index in [4.69, 9.17) is 0 Å². The highest BCUT2D eigenvalue weighted by Gasteiger charge is 2.33. The molecule has 0 saturated carbocycles. The van der Waals surface area contributed by atoms with Gasteiger partial charge in [0.05, 0.1) is 5.56 Å². The molecular weight excluding hydrogens is 438 g/mol. The van der Waals surface area contributed by atoms with Gasteiger partial charge in [-0.3, -0.25) is 0 Å². The highest BCUT2D eigenvalue weighted by molar-refractivity contribution is 5.98. The second-order valence-corrected chi connectivity index (χ2v) is 7.41. The predicted octanol–water partition coefficient (Wildman–Crippen LogP) is 7.96. The van der Waals surface area contributed by atoms with Gasteiger partial charge in [0.1, 0.15) is 0 Å². The van der Waals surface area contributed by atoms with Crippen LogP contribution in [0.2, 0.25) is 0 Å². The second-order valence-electron chi connectivity index (χ2n) is 7.41. The molecule has 0 amide bonds. The summed E-state index contributed by atoms with van der Waals surface area (Å²) in [6.07, 6.45) is -0.468. The summed E-state index contributed by atoms with van der Waals surface area (Å²) in [5.74, 6) is -5.53. The Morgan fingerprint density at radius 3 is 2.15 bits per heavy atom. The number of fused-ring (bicyclic) bond motifs is 1. The number of hydrogen-bond acceptors (Lipinski definition) is 0. The lowest BCUT2D eigenvalue weighted by Gasteiger charge is -2.21. The fraction of sp³-hybridized carbons (Fsp3) is 0.111. The van der Waals surface area contributed by atoms with Crippen LogP contribution in [0, 0.1) is 35.1 Å². The first-order chi connectivity index (χ1) is 15.7. The second kappa shape index (κ2) is 8.67. The summed E-state index contributed by atoms with van der Waals surface area (Å²) in [7, 11) is 0. The van der Waals surface area contributed by atoms with Gasteiger partial charge in [-0.25, -0.2) is 26.3 Å². The molecule has 0 unspecified atom stereocenters. The monoisotopic (exact) mass is 454 g/mol. The molecule has 166 valence electrons. The highest BCUT2D eigenvalue weighted by Crippen LogP contribution is 2.42. The third kappa shape index (κ3) is 4.07. The van der Waals surface area contributed by atoms with E-state index in [1.54, 1.807) is 24.3 Å². The molecule has 0 heterocycles. The van der Waals surface area contributed by atoms with E-state index in [2.05, 4.69) is 11.8 Å². The Bertz CT molecular complexity index is 1420. The Morgan fingerprint density at radius 1 is 0.727 bits per heavy atom. The molecule has 0 aliphatic heterocycles. The summed E-state index contributed by atoms with van der Waals surface area (Å²) in [6, 6.07) is 17.0. The minimum atomic E-state index is -3.19. The molecular formula is C27H16F6. The summed E-state index contributed by atoms with van der Waals surface area (Å²) in [5, 5.41) is 1.52. The van der Waals surface area contributed by atoms with Crippen LogP contribution in [0.25, 0.3) is 21.9 Å². The van der Waals surface area contributed by atoms with Crippen LogP contribution in [0.4, 0.5) is 26.3 Å². The van der Waals surface area contributed by atoms with E-state index in [1.807, 2.05) is 18.2 Å². The van der Waals surface area contributed by atoms with E-state index in [1.165, 1.54) is 25.1 Å². The fourth-order valence-corrected chi connectivity index (χ4v) is 3.68. The summed E-state index contributed by atoms with van der Waals surface area (Å²) < 4.78 is 84.4. The van der Waals surface area contributed by atoms with E-state index in [-0.39, 0.29) is 16.7 Å². The molecule has 0 atom stereocenters. The molecule has 4 aromatic rings. The average molecular weight is 454 g/mol. The summed E-state index contributed by atoms with van der Waals surface area (Å²) >= 11 is 0. The Hall–Kier alpha value is -3.72. The molecule has 0 fully saturated rings. The number of hydrogen-bond donors (Lipinski definition) is 0. The minimum absolute atomic E-state index is 0.113. The number of alkyl halides is 2. The predicted molar refractivity (Wildman–Crippen MR) is 116 cm³/mol. The first-order valence-corrected chi connectivity index (χ1v) is 10.1. The lowest BCUT2D eigenvalue weighted by atomic mass is 9.88. The standard InChI is InChI=1S/C27H16F6/c1-2-27(32,33)21-12-6-9-17(13-14-18-15-22(28)25(30)26(31)24(18)29)23(21)20-11-5-8-16-7-3-4-10-19(16)20/h3-12,15H,2H2,1H3. The lowest BCUT2D eigenvalue weighted by molar-refractivity contribution is -0.00769. The van der Waals surface area contributed by atoms with E-state index in [0.717, 1.165) is 5.39 Å². The molecule has 4 rings (SSSR count). The smallest absolute Gasteiger partial charge is 0.204 e. The van der Waals surface area contributed by atoms with Gasteiger partial charge in [-0.15, -0.1) is 0 Å². The van der Waals surface area contributed by atoms with Gasteiger partial charge < -0.3 is 0 Å². The van der Waals surface area contributed by atoms with Crippen LogP contribution < -0.4 is 0 Å². The van der Waals surface area contributed by atoms with E-state index in [9.17, 15) is 26.3 Å². The third-order valence-electron chi connectivity index (χ3n) is 5.40. The highest BCUT2D eigenvalue weighted by atomic mass is 19.3. The summed E-state index contributed by atoms with van der Waals surface area (Å²) in [6.45, 7) is 1.35. The van der Waals surface area contributed by atoms with Gasteiger partial charge in [-0.2, -0.15) is 0 Å². The van der Waals surface area contributed by atoms with Crippen LogP contribution >= 0.6 is 0 Å². The van der Waals surface area contributed by atoms with Crippen molar-refractivity contribution < 1.29 is 26.3 Å². The molecule has 0 saturated heterocycles. The SMILES string of the molecule is CCC(F)(F)c1cccc(C#Cc2cc(F)c(F)c(F)c2F)c1-c1cccc2ccccc12. The van der Waals surface area contributed by atoms with Crippen LogP contribution in [0.3, 0.4) is 0 Å². The summed E-state index contributed by atoms with van der Waals surface area (Å²) in [4.78, 5) is 0. The van der Waals surface area contributed by atoms with Crippen molar-refractivity contribution in [2.45, 2.75) is 19.3 Å². The maximum absolute atomic E-state index is 14.9. The normalized spacial score (nSPS) is 11.4. The van der Waals surface area contributed by atoms with Crippen molar-refractivity contribution in [3.05, 3.63) is 107 Å². The van der Waals surface area contributed by atoms with E-state index in [0.29, 0.717) is 17.0 Å². The molecule has 6 heteroatoms. The fourth-order valence-electron chi connectivity index (χ4n) is 3.68. The van der Waals surface area contributed by atoms with Crippen molar-refractivity contribution in [1.29, 1.82) is 0 Å². The number of halogens is 6. The molecule has 0 bridgehead atoms. The number of benzene rings is 4. The molecule has 0 aromatic heterocycles. The van der Waals surface area contributed by atoms with Crippen LogP contribution in [0.1, 0.15) is 30.0 Å². The van der Waals surface area contributed by atoms with Crippen molar-refractivity contribution >= 4 is 10.8 Å². The minimum Gasteiger partial charge on any atom is -0.204 e. The first-order valence-electron chi connectivity index (χ1n) is 10.1. The van der Waals surface area contributed by atoms with Crippen LogP contribution in [0.5, 0.6) is 0 Å². The molecule has 33 heavy (non-hydrogen) atoms. The van der Waals surface area contributed by atoms with Gasteiger partial charge in [-0.05, 0) is 28.5 Å². The van der Waals surface area contributed by atoms with E-state index < -0.39 is 41.2 Å². The van der Waals surface area contributed by atoms with Gasteiger partial charge >= 0.3 is 0 Å². The van der Waals surface area contributed by atoms with Gasteiger partial charge in [0.2, 0.25) is 0 Å². The zero-order valence-electron chi connectivity index (χ0n) is 17.3. The number of rotatable bonds is 3. The Kier molecular flexibility index (Phi) is 5.90. The maximum atomic E-state index is 14.9. The van der Waals surface area contributed by atoms with Gasteiger partial charge in [-0.1, -0.05) is 73.4 Å². The molecule has 0 N–H and O–H groups in total. The molecule has 4 aromatic carbocycles. The van der Waals surface area contributed by atoms with E-state index >= 15 is 0 Å². The van der Waals surface area contributed by atoms with Gasteiger partial charge in [0.25, 0.3) is 5.92 Å². The largest absolute Gasteiger partial charge is 0.273 e. The van der Waals surface area contributed by atoms with Crippen LogP contribution in [-0.4, -0.2) is 0 Å². The average Bonchev–Trinajstić information content (AvgIpc) is 2.83. The third-order valence-corrected chi connectivity index (χ3v) is 5.40. The van der Waals surface area contributed by atoms with Crippen molar-refractivity contribution in [3.8, 4) is 23.0 Å². The van der Waals surface area contributed by atoms with Crippen molar-refractivity contribution in [2.24, 2.45) is 0 Å². The zero-order chi connectivity index (χ0) is 23.8. The Balaban J connectivity index is 2.01. The van der Waals surface area contributed by atoms with Crippen molar-refractivity contribution in [2.75, 3.05) is 0 Å². The summed E-state index contributed by atoms with van der Waals surface area (Å²) in [5.41, 5.74) is -0.260. The van der Waals surface area contributed by atoms with Gasteiger partial charge in [0.15, 0.2) is 23.3 Å². The van der Waals surface area contributed by atoms with Crippen LogP contribution in [0.15, 0.2) is 66.7 Å². The first kappa shape index (κ1) is 22.5. The molecule has 0 spiro atoms. The Labute approximate surface area is 186 Å². The molecule has 0 aliphatic carbocycles. The quantitative estimate of drug-likeness (QED) is 0.127. The topological polar surface area (TPSA) is 0 Å². The molecule has 0 nitrogen and oxygen atoms in total. The molecule has 0 aliphatic rings. The van der Waals surface area contributed by atoms with Crippen molar-refractivity contribution in [3.63, 3.8) is 0 Å². The van der Waals surface area contributed by atoms with Crippen molar-refractivity contribution in [1.82, 2.24) is 0 Å². The van der Waals surface area contributed by atoms with Gasteiger partial charge in [0, 0.05) is 23.1 Å².